The summed E-state index contributed by atoms with van der Waals surface area (Å²) in [6, 6.07) is 12.7. The molecule has 2 N–H and O–H groups in total. The molecule has 0 fully saturated rings. The molecule has 0 bridgehead atoms. The van der Waals surface area contributed by atoms with E-state index in [1.165, 1.54) is 37.4 Å². The van der Waals surface area contributed by atoms with Crippen molar-refractivity contribution >= 4 is 44.7 Å². The summed E-state index contributed by atoms with van der Waals surface area (Å²) in [4.78, 5) is 24.1. The first-order valence-corrected chi connectivity index (χ1v) is 10.2. The fraction of sp³-hybridized carbons (Fsp3) is 0.130. The maximum atomic E-state index is 14.8. The third-order valence-corrected chi connectivity index (χ3v) is 5.15. The van der Waals surface area contributed by atoms with Crippen LogP contribution in [0, 0.1) is 12.7 Å². The molecule has 0 heterocycles. The molecule has 0 aliphatic rings. The number of rotatable bonds is 6. The Labute approximate surface area is 194 Å². The Hall–Kier alpha value is -3.40. The number of nitrogens with one attached hydrogen (secondary N) is 2. The number of hydrogen-bond acceptors (Lipinski definition) is 4. The lowest BCUT2D eigenvalue weighted by Gasteiger charge is -2.15. The number of aryl methyl sites for hydroxylation is 1. The first-order valence-electron chi connectivity index (χ1n) is 9.43. The molecule has 0 saturated heterocycles. The van der Waals surface area contributed by atoms with Crippen LogP contribution in [0.3, 0.4) is 0 Å². The molecule has 172 valence electrons. The van der Waals surface area contributed by atoms with Crippen LogP contribution in [0.1, 0.15) is 21.5 Å². The van der Waals surface area contributed by atoms with Crippen LogP contribution >= 0.6 is 15.9 Å². The predicted octanol–water partition coefficient (Wildman–Crippen LogP) is 6.38. The zero-order chi connectivity index (χ0) is 24.3. The van der Waals surface area contributed by atoms with Crippen molar-refractivity contribution in [1.29, 1.82) is 0 Å². The number of ketones is 1. The fourth-order valence-electron chi connectivity index (χ4n) is 3.02. The Morgan fingerprint density at radius 2 is 1.64 bits per heavy atom. The van der Waals surface area contributed by atoms with E-state index >= 15 is 0 Å². The summed E-state index contributed by atoms with van der Waals surface area (Å²) in [5.41, 5.74) is 0.846. The largest absolute Gasteiger partial charge is 0.497 e. The van der Waals surface area contributed by atoms with E-state index in [1.807, 2.05) is 0 Å². The number of alkyl halides is 3. The average Bonchev–Trinajstić information content (AvgIpc) is 2.74. The summed E-state index contributed by atoms with van der Waals surface area (Å²) in [6.07, 6.45) is -5.08. The van der Waals surface area contributed by atoms with Crippen LogP contribution in [-0.2, 0) is 4.79 Å². The first-order chi connectivity index (χ1) is 15.5. The number of benzene rings is 3. The first kappa shape index (κ1) is 24.2. The van der Waals surface area contributed by atoms with Crippen molar-refractivity contribution in [3.8, 4) is 5.75 Å². The standard InChI is InChI=1S/C23H17BrF4N2O3/c1-12-9-15(33-2)5-7-16(12)21(31)17-6-4-14(11-18(17)25)29-19-8-3-13(24)10-20(19)30-22(32)23(26,27)28/h3-11,29H,1-2H3,(H,30,32). The molecule has 3 aromatic rings. The van der Waals surface area contributed by atoms with Crippen LogP contribution in [0.2, 0.25) is 0 Å². The van der Waals surface area contributed by atoms with E-state index in [0.717, 1.165) is 6.07 Å². The molecule has 0 aromatic heterocycles. The van der Waals surface area contributed by atoms with E-state index in [9.17, 15) is 27.2 Å². The summed E-state index contributed by atoms with van der Waals surface area (Å²) in [5, 5.41) is 4.54. The number of carbonyl (C=O) groups is 2. The Balaban J connectivity index is 1.87. The fourth-order valence-corrected chi connectivity index (χ4v) is 3.38. The van der Waals surface area contributed by atoms with Gasteiger partial charge in [-0.3, -0.25) is 9.59 Å². The Bertz CT molecular complexity index is 1230. The van der Waals surface area contributed by atoms with Gasteiger partial charge in [0, 0.05) is 15.7 Å². The van der Waals surface area contributed by atoms with E-state index in [4.69, 9.17) is 4.74 Å². The van der Waals surface area contributed by atoms with Gasteiger partial charge in [-0.05, 0) is 67.1 Å². The van der Waals surface area contributed by atoms with Crippen molar-refractivity contribution in [1.82, 2.24) is 0 Å². The molecule has 5 nitrogen and oxygen atoms in total. The zero-order valence-corrected chi connectivity index (χ0v) is 18.9. The van der Waals surface area contributed by atoms with Gasteiger partial charge in [0.05, 0.1) is 24.0 Å². The number of anilines is 3. The third kappa shape index (κ3) is 5.70. The van der Waals surface area contributed by atoms with Crippen LogP contribution in [0.25, 0.3) is 0 Å². The van der Waals surface area contributed by atoms with Crippen LogP contribution in [0.5, 0.6) is 5.75 Å². The summed E-state index contributed by atoms with van der Waals surface area (Å²) in [7, 11) is 1.49. The van der Waals surface area contributed by atoms with E-state index in [-0.39, 0.29) is 22.6 Å². The summed E-state index contributed by atoms with van der Waals surface area (Å²) < 4.78 is 58.3. The number of amides is 1. The predicted molar refractivity (Wildman–Crippen MR) is 120 cm³/mol. The van der Waals surface area contributed by atoms with Crippen LogP contribution in [0.4, 0.5) is 34.6 Å². The highest BCUT2D eigenvalue weighted by Crippen LogP contribution is 2.31. The van der Waals surface area contributed by atoms with Crippen molar-refractivity contribution in [2.24, 2.45) is 0 Å². The quantitative estimate of drug-likeness (QED) is 0.290. The maximum absolute atomic E-state index is 14.8. The van der Waals surface area contributed by atoms with Crippen molar-refractivity contribution in [3.05, 3.63) is 81.6 Å². The molecular weight excluding hydrogens is 508 g/mol. The van der Waals surface area contributed by atoms with Gasteiger partial charge < -0.3 is 15.4 Å². The van der Waals surface area contributed by atoms with E-state index < -0.39 is 23.7 Å². The summed E-state index contributed by atoms with van der Waals surface area (Å²) >= 11 is 3.13. The Kier molecular flexibility index (Phi) is 7.06. The molecule has 3 aromatic carbocycles. The highest BCUT2D eigenvalue weighted by Gasteiger charge is 2.39. The number of hydrogen-bond donors (Lipinski definition) is 2. The van der Waals surface area contributed by atoms with Crippen molar-refractivity contribution in [2.75, 3.05) is 17.7 Å². The number of methoxy groups -OCH3 is 1. The highest BCUT2D eigenvalue weighted by molar-refractivity contribution is 9.10. The minimum atomic E-state index is -5.08. The molecule has 0 saturated carbocycles. The molecule has 33 heavy (non-hydrogen) atoms. The molecule has 0 radical (unpaired) electrons. The van der Waals surface area contributed by atoms with Crippen LogP contribution in [0.15, 0.2) is 59.1 Å². The van der Waals surface area contributed by atoms with E-state index in [2.05, 4.69) is 21.2 Å². The topological polar surface area (TPSA) is 67.4 Å². The van der Waals surface area contributed by atoms with Gasteiger partial charge in [-0.1, -0.05) is 15.9 Å². The molecule has 0 unspecified atom stereocenters. The van der Waals surface area contributed by atoms with Gasteiger partial charge in [-0.25, -0.2) is 4.39 Å². The highest BCUT2D eigenvalue weighted by atomic mass is 79.9. The molecular formula is C23H17BrF4N2O3. The molecule has 10 heteroatoms. The van der Waals surface area contributed by atoms with Gasteiger partial charge in [0.2, 0.25) is 0 Å². The maximum Gasteiger partial charge on any atom is 0.471 e. The SMILES string of the molecule is COc1ccc(C(=O)c2ccc(Nc3ccc(Br)cc3NC(=O)C(F)(F)F)cc2F)c(C)c1. The van der Waals surface area contributed by atoms with Gasteiger partial charge in [-0.15, -0.1) is 0 Å². The number of carbonyl (C=O) groups excluding carboxylic acids is 2. The normalized spacial score (nSPS) is 11.1. The van der Waals surface area contributed by atoms with Crippen LogP contribution in [-0.4, -0.2) is 25.0 Å². The summed E-state index contributed by atoms with van der Waals surface area (Å²) in [5.74, 6) is -2.93. The molecule has 0 spiro atoms. The van der Waals surface area contributed by atoms with E-state index in [1.54, 1.807) is 30.4 Å². The molecule has 0 aliphatic carbocycles. The Morgan fingerprint density at radius 1 is 0.939 bits per heavy atom. The van der Waals surface area contributed by atoms with Gasteiger partial charge in [0.25, 0.3) is 0 Å². The minimum absolute atomic E-state index is 0.0975. The second-order valence-corrected chi connectivity index (χ2v) is 7.89. The van der Waals surface area contributed by atoms with Gasteiger partial charge in [0.1, 0.15) is 11.6 Å². The smallest absolute Gasteiger partial charge is 0.471 e. The summed E-state index contributed by atoms with van der Waals surface area (Å²) in [6.45, 7) is 1.70. The second kappa shape index (κ2) is 9.62. The number of halogens is 5. The molecule has 0 aliphatic heterocycles. The van der Waals surface area contributed by atoms with Crippen LogP contribution < -0.4 is 15.4 Å². The monoisotopic (exact) mass is 524 g/mol. The second-order valence-electron chi connectivity index (χ2n) is 6.97. The zero-order valence-electron chi connectivity index (χ0n) is 17.3. The van der Waals surface area contributed by atoms with Crippen molar-refractivity contribution in [3.63, 3.8) is 0 Å². The van der Waals surface area contributed by atoms with E-state index in [0.29, 0.717) is 21.3 Å². The lowest BCUT2D eigenvalue weighted by atomic mass is 9.98. The third-order valence-electron chi connectivity index (χ3n) is 4.66. The Morgan fingerprint density at radius 3 is 2.24 bits per heavy atom. The molecule has 0 atom stereocenters. The average molecular weight is 525 g/mol. The van der Waals surface area contributed by atoms with Crippen molar-refractivity contribution in [2.45, 2.75) is 13.1 Å². The van der Waals surface area contributed by atoms with Gasteiger partial charge >= 0.3 is 12.1 Å². The van der Waals surface area contributed by atoms with Gasteiger partial charge in [-0.2, -0.15) is 13.2 Å². The molecule has 3 rings (SSSR count). The lowest BCUT2D eigenvalue weighted by molar-refractivity contribution is -0.167. The van der Waals surface area contributed by atoms with Crippen molar-refractivity contribution < 1.29 is 31.9 Å². The number of ether oxygens (including phenoxy) is 1. The molecule has 1 amide bonds. The minimum Gasteiger partial charge on any atom is -0.497 e. The van der Waals surface area contributed by atoms with Gasteiger partial charge in [0.15, 0.2) is 5.78 Å². The lowest BCUT2D eigenvalue weighted by Crippen LogP contribution is -2.30.